The monoisotopic (exact) mass is 481 g/mol. The molecule has 0 aliphatic heterocycles. The zero-order chi connectivity index (χ0) is 24.3. The Balaban J connectivity index is 1.76. The molecule has 3 rings (SSSR count). The number of methoxy groups -OCH3 is 2. The van der Waals surface area contributed by atoms with Crippen LogP contribution in [0, 0.1) is 6.92 Å². The first-order valence-corrected chi connectivity index (χ1v) is 11.9. The van der Waals surface area contributed by atoms with Gasteiger partial charge < -0.3 is 24.6 Å². The van der Waals surface area contributed by atoms with Gasteiger partial charge in [0, 0.05) is 30.0 Å². The minimum atomic E-state index is -0.387. The van der Waals surface area contributed by atoms with Crippen LogP contribution >= 0.6 is 11.3 Å². The third kappa shape index (κ3) is 7.33. The van der Waals surface area contributed by atoms with Gasteiger partial charge in [0.05, 0.1) is 25.9 Å². The van der Waals surface area contributed by atoms with Crippen molar-refractivity contribution in [3.8, 4) is 5.75 Å². The number of thiophene rings is 1. The summed E-state index contributed by atoms with van der Waals surface area (Å²) in [4.78, 5) is 32.1. The topological polar surface area (TPSA) is 71.1 Å². The first-order valence-electron chi connectivity index (χ1n) is 11.0. The van der Waals surface area contributed by atoms with Gasteiger partial charge in [-0.1, -0.05) is 42.5 Å². The van der Waals surface area contributed by atoms with E-state index in [2.05, 4.69) is 11.4 Å². The maximum Gasteiger partial charge on any atom is 0.322 e. The van der Waals surface area contributed by atoms with Gasteiger partial charge in [-0.2, -0.15) is 0 Å². The molecule has 0 radical (unpaired) electrons. The Morgan fingerprint density at radius 1 is 0.912 bits per heavy atom. The number of ether oxygens (including phenoxy) is 2. The number of hydrogen-bond donors (Lipinski definition) is 1. The lowest BCUT2D eigenvalue weighted by Gasteiger charge is -2.28. The van der Waals surface area contributed by atoms with Crippen molar-refractivity contribution in [2.45, 2.75) is 20.0 Å². The van der Waals surface area contributed by atoms with Crippen LogP contribution in [-0.2, 0) is 22.6 Å². The van der Waals surface area contributed by atoms with E-state index in [1.165, 1.54) is 9.78 Å². The molecule has 180 valence electrons. The highest BCUT2D eigenvalue weighted by molar-refractivity contribution is 7.11. The predicted octanol–water partition coefficient (Wildman–Crippen LogP) is 4.77. The number of amides is 3. The number of rotatable bonds is 11. The summed E-state index contributed by atoms with van der Waals surface area (Å²) in [5, 5.41) is 2.86. The molecule has 0 spiro atoms. The van der Waals surface area contributed by atoms with Crippen LogP contribution < -0.4 is 10.1 Å². The van der Waals surface area contributed by atoms with Gasteiger partial charge in [0.15, 0.2) is 0 Å². The van der Waals surface area contributed by atoms with Crippen LogP contribution in [-0.4, -0.2) is 55.7 Å². The van der Waals surface area contributed by atoms with E-state index >= 15 is 0 Å². The van der Waals surface area contributed by atoms with E-state index in [4.69, 9.17) is 9.47 Å². The van der Waals surface area contributed by atoms with Crippen LogP contribution in [0.1, 0.15) is 15.3 Å². The quantitative estimate of drug-likeness (QED) is 0.428. The average molecular weight is 482 g/mol. The highest BCUT2D eigenvalue weighted by Gasteiger charge is 2.23. The van der Waals surface area contributed by atoms with Crippen LogP contribution in [0.2, 0.25) is 0 Å². The van der Waals surface area contributed by atoms with E-state index in [9.17, 15) is 9.59 Å². The predicted molar refractivity (Wildman–Crippen MR) is 135 cm³/mol. The number of anilines is 1. The van der Waals surface area contributed by atoms with Crippen molar-refractivity contribution in [1.29, 1.82) is 0 Å². The van der Waals surface area contributed by atoms with Gasteiger partial charge in [-0.15, -0.1) is 11.3 Å². The van der Waals surface area contributed by atoms with Gasteiger partial charge in [-0.05, 0) is 36.8 Å². The van der Waals surface area contributed by atoms with E-state index in [1.54, 1.807) is 42.6 Å². The number of aryl methyl sites for hydroxylation is 1. The molecule has 1 heterocycles. The van der Waals surface area contributed by atoms with Gasteiger partial charge in [-0.25, -0.2) is 4.79 Å². The second-order valence-electron chi connectivity index (χ2n) is 7.79. The molecule has 0 aliphatic carbocycles. The lowest BCUT2D eigenvalue weighted by molar-refractivity contribution is -0.133. The van der Waals surface area contributed by atoms with Crippen LogP contribution in [0.4, 0.5) is 10.5 Å². The molecule has 0 saturated carbocycles. The molecule has 2 aromatic carbocycles. The Labute approximate surface area is 204 Å². The fraction of sp³-hybridized carbons (Fsp3) is 0.308. The summed E-state index contributed by atoms with van der Waals surface area (Å²) in [7, 11) is 3.11. The zero-order valence-corrected chi connectivity index (χ0v) is 20.6. The highest BCUT2D eigenvalue weighted by atomic mass is 32.1. The van der Waals surface area contributed by atoms with E-state index < -0.39 is 0 Å². The lowest BCUT2D eigenvalue weighted by Crippen LogP contribution is -2.45. The fourth-order valence-corrected chi connectivity index (χ4v) is 4.36. The second-order valence-corrected chi connectivity index (χ2v) is 9.17. The molecular formula is C26H31N3O4S. The van der Waals surface area contributed by atoms with Crippen molar-refractivity contribution in [2.75, 3.05) is 39.2 Å². The number of carbonyl (C=O) groups excluding carboxylic acids is 2. The van der Waals surface area contributed by atoms with Gasteiger partial charge >= 0.3 is 6.03 Å². The van der Waals surface area contributed by atoms with E-state index in [0.29, 0.717) is 31.1 Å². The van der Waals surface area contributed by atoms with E-state index in [-0.39, 0.29) is 25.0 Å². The number of nitrogens with zero attached hydrogens (tertiary/aromatic N) is 2. The van der Waals surface area contributed by atoms with Crippen LogP contribution in [0.3, 0.4) is 0 Å². The Bertz CT molecular complexity index is 1070. The summed E-state index contributed by atoms with van der Waals surface area (Å²) >= 11 is 1.67. The molecule has 0 bridgehead atoms. The third-order valence-corrected chi connectivity index (χ3v) is 6.22. The molecule has 0 atom stereocenters. The Kier molecular flexibility index (Phi) is 9.49. The number of benzene rings is 2. The molecule has 0 aliphatic rings. The van der Waals surface area contributed by atoms with Gasteiger partial charge in [0.2, 0.25) is 5.91 Å². The minimum Gasteiger partial charge on any atom is -0.495 e. The lowest BCUT2D eigenvalue weighted by atomic mass is 10.2. The van der Waals surface area contributed by atoms with Crippen molar-refractivity contribution in [2.24, 2.45) is 0 Å². The smallest absolute Gasteiger partial charge is 0.322 e. The maximum atomic E-state index is 13.5. The Hall–Kier alpha value is -3.36. The molecule has 0 fully saturated rings. The summed E-state index contributed by atoms with van der Waals surface area (Å²) in [5.74, 6) is 0.411. The molecule has 7 nitrogen and oxygen atoms in total. The summed E-state index contributed by atoms with van der Waals surface area (Å²) < 4.78 is 10.5. The molecule has 34 heavy (non-hydrogen) atoms. The molecule has 1 aromatic heterocycles. The highest BCUT2D eigenvalue weighted by Crippen LogP contribution is 2.23. The van der Waals surface area contributed by atoms with E-state index in [1.807, 2.05) is 55.5 Å². The maximum absolute atomic E-state index is 13.5. The van der Waals surface area contributed by atoms with Crippen molar-refractivity contribution in [1.82, 2.24) is 9.80 Å². The molecule has 1 N–H and O–H groups in total. The first kappa shape index (κ1) is 25.3. The largest absolute Gasteiger partial charge is 0.495 e. The van der Waals surface area contributed by atoms with Crippen molar-refractivity contribution >= 4 is 29.0 Å². The molecular weight excluding hydrogens is 450 g/mol. The first-order chi connectivity index (χ1) is 16.5. The minimum absolute atomic E-state index is 0.0679. The van der Waals surface area contributed by atoms with Crippen LogP contribution in [0.5, 0.6) is 5.75 Å². The summed E-state index contributed by atoms with van der Waals surface area (Å²) in [6.07, 6.45) is 0. The molecule has 3 amide bonds. The van der Waals surface area contributed by atoms with Gasteiger partial charge in [0.1, 0.15) is 12.3 Å². The van der Waals surface area contributed by atoms with Crippen molar-refractivity contribution < 1.29 is 19.1 Å². The summed E-state index contributed by atoms with van der Waals surface area (Å²) in [5.41, 5.74) is 1.58. The number of hydrogen-bond acceptors (Lipinski definition) is 5. The molecule has 8 heteroatoms. The summed E-state index contributed by atoms with van der Waals surface area (Å²) in [6, 6.07) is 20.7. The number of carbonyl (C=O) groups is 2. The number of nitrogens with one attached hydrogen (secondary N) is 1. The average Bonchev–Trinajstić information content (AvgIpc) is 3.26. The fourth-order valence-electron chi connectivity index (χ4n) is 3.45. The van der Waals surface area contributed by atoms with Crippen LogP contribution in [0.25, 0.3) is 0 Å². The normalized spacial score (nSPS) is 10.6. The number of urea groups is 1. The standard InChI is InChI=1S/C26H31N3O4S/c1-20-13-14-22(34-20)18-29(17-21-9-5-4-6-10-21)25(30)19-28(15-16-32-2)26(31)27-23-11-7-8-12-24(23)33-3/h4-14H,15-19H2,1-3H3,(H,27,31). The van der Waals surface area contributed by atoms with Crippen LogP contribution in [0.15, 0.2) is 66.7 Å². The zero-order valence-electron chi connectivity index (χ0n) is 19.8. The van der Waals surface area contributed by atoms with Crippen molar-refractivity contribution in [3.05, 3.63) is 82.0 Å². The third-order valence-electron chi connectivity index (χ3n) is 5.24. The Morgan fingerprint density at radius 2 is 1.65 bits per heavy atom. The van der Waals surface area contributed by atoms with Crippen molar-refractivity contribution in [3.63, 3.8) is 0 Å². The van der Waals surface area contributed by atoms with Gasteiger partial charge in [0.25, 0.3) is 0 Å². The van der Waals surface area contributed by atoms with Gasteiger partial charge in [-0.3, -0.25) is 4.79 Å². The molecule has 0 saturated heterocycles. The summed E-state index contributed by atoms with van der Waals surface area (Å²) in [6.45, 7) is 3.52. The van der Waals surface area contributed by atoms with E-state index in [0.717, 1.165) is 10.4 Å². The molecule has 3 aromatic rings. The SMILES string of the molecule is COCCN(CC(=O)N(Cc1ccccc1)Cc1ccc(C)s1)C(=O)Nc1ccccc1OC. The Morgan fingerprint density at radius 3 is 2.32 bits per heavy atom. The number of para-hydroxylation sites is 2. The molecule has 0 unspecified atom stereocenters. The second kappa shape index (κ2) is 12.8.